The molecule has 0 bridgehead atoms. The van der Waals surface area contributed by atoms with Crippen molar-refractivity contribution in [2.24, 2.45) is 0 Å². The van der Waals surface area contributed by atoms with Crippen LogP contribution in [0.25, 0.3) is 17.3 Å². The van der Waals surface area contributed by atoms with Gasteiger partial charge in [0.15, 0.2) is 0 Å². The lowest BCUT2D eigenvalue weighted by Crippen LogP contribution is -2.20. The minimum atomic E-state index is 0.00156. The normalized spacial score (nSPS) is 10.8. The monoisotopic (exact) mass is 255 g/mol. The van der Waals surface area contributed by atoms with Gasteiger partial charge in [-0.3, -0.25) is 9.89 Å². The van der Waals surface area contributed by atoms with Gasteiger partial charge in [-0.1, -0.05) is 42.5 Å². The average Bonchev–Trinajstić information content (AvgIpc) is 2.87. The number of aromatic amines is 1. The van der Waals surface area contributed by atoms with E-state index in [0.29, 0.717) is 6.54 Å². The number of rotatable bonds is 5. The van der Waals surface area contributed by atoms with Crippen LogP contribution >= 0.6 is 0 Å². The summed E-state index contributed by atoms with van der Waals surface area (Å²) in [6, 6.07) is 10.1. The molecule has 4 nitrogen and oxygen atoms in total. The Labute approximate surface area is 112 Å². The second-order valence-corrected chi connectivity index (χ2v) is 4.24. The molecule has 19 heavy (non-hydrogen) atoms. The molecule has 4 heteroatoms. The number of H-pyrrole nitrogens is 1. The first-order valence-electron chi connectivity index (χ1n) is 6.27. The summed E-state index contributed by atoms with van der Waals surface area (Å²) in [5, 5.41) is 9.85. The maximum absolute atomic E-state index is 10.7. The number of nitrogens with zero attached hydrogens (tertiary/aromatic N) is 1. The van der Waals surface area contributed by atoms with E-state index in [0.717, 1.165) is 23.2 Å². The van der Waals surface area contributed by atoms with Crippen molar-refractivity contribution >= 4 is 12.0 Å². The molecule has 0 atom stereocenters. The van der Waals surface area contributed by atoms with Crippen LogP contribution in [0, 0.1) is 0 Å². The second kappa shape index (κ2) is 6.54. The summed E-state index contributed by atoms with van der Waals surface area (Å²) < 4.78 is 0. The molecule has 0 aliphatic rings. The molecule has 0 unspecified atom stereocenters. The Morgan fingerprint density at radius 2 is 2.16 bits per heavy atom. The minimum Gasteiger partial charge on any atom is -0.356 e. The fraction of sp³-hybridized carbons (Fsp3) is 0.200. The van der Waals surface area contributed by atoms with E-state index >= 15 is 0 Å². The zero-order valence-electron chi connectivity index (χ0n) is 10.9. The number of amides is 1. The van der Waals surface area contributed by atoms with Crippen molar-refractivity contribution in [2.75, 3.05) is 6.54 Å². The number of aromatic nitrogens is 2. The highest BCUT2D eigenvalue weighted by atomic mass is 16.1. The molecule has 1 aromatic carbocycles. The lowest BCUT2D eigenvalue weighted by molar-refractivity contribution is -0.118. The molecule has 1 amide bonds. The van der Waals surface area contributed by atoms with Crippen LogP contribution in [0.3, 0.4) is 0 Å². The fourth-order valence-electron chi connectivity index (χ4n) is 1.80. The summed E-state index contributed by atoms with van der Waals surface area (Å²) in [6.45, 7) is 2.18. The molecule has 0 saturated carbocycles. The van der Waals surface area contributed by atoms with Crippen molar-refractivity contribution in [3.05, 3.63) is 48.2 Å². The number of hydrogen-bond acceptors (Lipinski definition) is 2. The highest BCUT2D eigenvalue weighted by Crippen LogP contribution is 2.21. The lowest BCUT2D eigenvalue weighted by Gasteiger charge is -1.99. The zero-order valence-corrected chi connectivity index (χ0v) is 10.9. The van der Waals surface area contributed by atoms with Crippen molar-refractivity contribution in [1.29, 1.82) is 0 Å². The average molecular weight is 255 g/mol. The second-order valence-electron chi connectivity index (χ2n) is 4.24. The molecule has 0 aliphatic carbocycles. The van der Waals surface area contributed by atoms with Gasteiger partial charge in [0.1, 0.15) is 0 Å². The molecule has 2 N–H and O–H groups in total. The van der Waals surface area contributed by atoms with Gasteiger partial charge in [-0.2, -0.15) is 5.10 Å². The molecule has 1 heterocycles. The Morgan fingerprint density at radius 1 is 1.37 bits per heavy atom. The molecule has 2 aromatic rings. The molecule has 0 radical (unpaired) electrons. The van der Waals surface area contributed by atoms with Gasteiger partial charge in [0.25, 0.3) is 0 Å². The third-order valence-electron chi connectivity index (χ3n) is 2.71. The Bertz CT molecular complexity index is 558. The van der Waals surface area contributed by atoms with Crippen LogP contribution in [0.4, 0.5) is 0 Å². The molecular weight excluding hydrogens is 238 g/mol. The highest BCUT2D eigenvalue weighted by molar-refractivity contribution is 5.73. The van der Waals surface area contributed by atoms with Crippen LogP contribution in [-0.2, 0) is 4.79 Å². The van der Waals surface area contributed by atoms with Crippen LogP contribution < -0.4 is 5.32 Å². The molecular formula is C15H17N3O. The molecule has 98 valence electrons. The van der Waals surface area contributed by atoms with E-state index in [2.05, 4.69) is 15.5 Å². The molecule has 0 aliphatic heterocycles. The van der Waals surface area contributed by atoms with Gasteiger partial charge < -0.3 is 5.32 Å². The summed E-state index contributed by atoms with van der Waals surface area (Å²) in [5.74, 6) is 0.00156. The maximum atomic E-state index is 10.7. The van der Waals surface area contributed by atoms with E-state index in [1.807, 2.05) is 42.5 Å². The molecule has 0 fully saturated rings. The molecule has 0 spiro atoms. The third-order valence-corrected chi connectivity index (χ3v) is 2.71. The predicted molar refractivity (Wildman–Crippen MR) is 76.4 cm³/mol. The van der Waals surface area contributed by atoms with E-state index in [1.165, 1.54) is 6.92 Å². The first-order valence-corrected chi connectivity index (χ1v) is 6.27. The van der Waals surface area contributed by atoms with Gasteiger partial charge in [-0.05, 0) is 6.42 Å². The first-order chi connectivity index (χ1) is 9.27. The summed E-state index contributed by atoms with van der Waals surface area (Å²) in [5.41, 5.74) is 3.17. The first kappa shape index (κ1) is 13.1. The van der Waals surface area contributed by atoms with Crippen molar-refractivity contribution in [3.8, 4) is 11.3 Å². The number of carbonyl (C=O) groups excluding carboxylic acids is 1. The summed E-state index contributed by atoms with van der Waals surface area (Å²) in [7, 11) is 0. The smallest absolute Gasteiger partial charge is 0.216 e. The number of benzene rings is 1. The topological polar surface area (TPSA) is 57.8 Å². The number of hydrogen-bond donors (Lipinski definition) is 2. The summed E-state index contributed by atoms with van der Waals surface area (Å²) in [4.78, 5) is 10.7. The largest absolute Gasteiger partial charge is 0.356 e. The van der Waals surface area contributed by atoms with Gasteiger partial charge >= 0.3 is 0 Å². The van der Waals surface area contributed by atoms with Crippen molar-refractivity contribution < 1.29 is 4.79 Å². The van der Waals surface area contributed by atoms with Crippen molar-refractivity contribution in [2.45, 2.75) is 13.3 Å². The summed E-state index contributed by atoms with van der Waals surface area (Å²) >= 11 is 0. The van der Waals surface area contributed by atoms with Crippen LogP contribution in [0.1, 0.15) is 18.9 Å². The maximum Gasteiger partial charge on any atom is 0.216 e. The summed E-state index contributed by atoms with van der Waals surface area (Å²) in [6.07, 6.45) is 6.66. The third kappa shape index (κ3) is 3.81. The number of carbonyl (C=O) groups is 1. The van der Waals surface area contributed by atoms with E-state index in [4.69, 9.17) is 0 Å². The van der Waals surface area contributed by atoms with Crippen LogP contribution in [0.2, 0.25) is 0 Å². The van der Waals surface area contributed by atoms with Gasteiger partial charge in [-0.25, -0.2) is 0 Å². The lowest BCUT2D eigenvalue weighted by atomic mass is 10.1. The SMILES string of the molecule is CC(=O)NCCC=Cc1cn[nH]c1-c1ccccc1. The predicted octanol–water partition coefficient (Wildman–Crippen LogP) is 2.62. The Balaban J connectivity index is 2.00. The van der Waals surface area contributed by atoms with E-state index in [9.17, 15) is 4.79 Å². The molecule has 2 rings (SSSR count). The van der Waals surface area contributed by atoms with Crippen molar-refractivity contribution in [1.82, 2.24) is 15.5 Å². The molecule has 0 saturated heterocycles. The number of nitrogens with one attached hydrogen (secondary N) is 2. The Morgan fingerprint density at radius 3 is 2.89 bits per heavy atom. The van der Waals surface area contributed by atoms with Gasteiger partial charge in [0.2, 0.25) is 5.91 Å². The fourth-order valence-corrected chi connectivity index (χ4v) is 1.80. The standard InChI is InChI=1S/C15H17N3O/c1-12(19)16-10-6-5-9-14-11-17-18-15(14)13-7-3-2-4-8-13/h2-5,7-9,11H,6,10H2,1H3,(H,16,19)(H,17,18). The Kier molecular flexibility index (Phi) is 4.50. The van der Waals surface area contributed by atoms with Crippen LogP contribution in [0.5, 0.6) is 0 Å². The van der Waals surface area contributed by atoms with E-state index in [1.54, 1.807) is 6.20 Å². The van der Waals surface area contributed by atoms with Gasteiger partial charge in [0, 0.05) is 24.6 Å². The van der Waals surface area contributed by atoms with E-state index < -0.39 is 0 Å². The van der Waals surface area contributed by atoms with Crippen molar-refractivity contribution in [3.63, 3.8) is 0 Å². The van der Waals surface area contributed by atoms with Gasteiger partial charge in [-0.15, -0.1) is 0 Å². The minimum absolute atomic E-state index is 0.00156. The molecule has 1 aromatic heterocycles. The van der Waals surface area contributed by atoms with Gasteiger partial charge in [0.05, 0.1) is 11.9 Å². The zero-order chi connectivity index (χ0) is 13.5. The Hall–Kier alpha value is -2.36. The van der Waals surface area contributed by atoms with E-state index in [-0.39, 0.29) is 5.91 Å². The van der Waals surface area contributed by atoms with Crippen LogP contribution in [-0.4, -0.2) is 22.6 Å². The van der Waals surface area contributed by atoms with Crippen LogP contribution in [0.15, 0.2) is 42.6 Å². The highest BCUT2D eigenvalue weighted by Gasteiger charge is 2.03. The quantitative estimate of drug-likeness (QED) is 0.807.